The first-order chi connectivity index (χ1) is 6.83. The molecule has 0 heterocycles. The number of hydrogen-bond donors (Lipinski definition) is 0. The molecule has 0 aliphatic heterocycles. The van der Waals surface area contributed by atoms with Crippen LogP contribution in [0.3, 0.4) is 0 Å². The van der Waals surface area contributed by atoms with Crippen LogP contribution in [0, 0.1) is 0 Å². The number of hydrogen-bond acceptors (Lipinski definition) is 0. The number of halogens is 2. The Morgan fingerprint density at radius 3 is 2.57 bits per heavy atom. The minimum Gasteiger partial charge on any atom is -0.251 e. The van der Waals surface area contributed by atoms with Gasteiger partial charge in [-0.3, -0.25) is 4.39 Å². The number of benzene rings is 1. The van der Waals surface area contributed by atoms with E-state index in [2.05, 4.69) is 34.1 Å². The molecular formula is C12H16BrF. The summed E-state index contributed by atoms with van der Waals surface area (Å²) in [7, 11) is 0. The topological polar surface area (TPSA) is 0 Å². The van der Waals surface area contributed by atoms with Gasteiger partial charge in [0.25, 0.3) is 0 Å². The highest BCUT2D eigenvalue weighted by Crippen LogP contribution is 2.14. The van der Waals surface area contributed by atoms with Crippen molar-refractivity contribution in [3.8, 4) is 0 Å². The third-order valence-electron chi connectivity index (χ3n) is 2.24. The third kappa shape index (κ3) is 4.75. The first-order valence-electron chi connectivity index (χ1n) is 5.13. The Labute approximate surface area is 93.7 Å². The molecule has 0 saturated carbocycles. The van der Waals surface area contributed by atoms with Crippen LogP contribution in [0.4, 0.5) is 4.39 Å². The van der Waals surface area contributed by atoms with E-state index in [1.165, 1.54) is 5.56 Å². The van der Waals surface area contributed by atoms with Gasteiger partial charge >= 0.3 is 0 Å². The second kappa shape index (κ2) is 6.99. The summed E-state index contributed by atoms with van der Waals surface area (Å²) in [5, 5.41) is 0. The average molecular weight is 259 g/mol. The van der Waals surface area contributed by atoms with Crippen LogP contribution in [0.15, 0.2) is 28.7 Å². The lowest BCUT2D eigenvalue weighted by Crippen LogP contribution is -1.86. The summed E-state index contributed by atoms with van der Waals surface area (Å²) in [5.41, 5.74) is 1.36. The van der Waals surface area contributed by atoms with Gasteiger partial charge in [0.15, 0.2) is 0 Å². The zero-order chi connectivity index (χ0) is 10.2. The highest BCUT2D eigenvalue weighted by molar-refractivity contribution is 9.10. The zero-order valence-corrected chi connectivity index (χ0v) is 9.89. The average Bonchev–Trinajstić information content (AvgIpc) is 2.18. The van der Waals surface area contributed by atoms with E-state index in [-0.39, 0.29) is 6.67 Å². The summed E-state index contributed by atoms with van der Waals surface area (Å²) < 4.78 is 12.9. The maximum atomic E-state index is 11.8. The maximum Gasteiger partial charge on any atom is 0.0894 e. The smallest absolute Gasteiger partial charge is 0.0894 e. The van der Waals surface area contributed by atoms with Crippen molar-refractivity contribution >= 4 is 15.9 Å². The molecule has 0 fully saturated rings. The van der Waals surface area contributed by atoms with Gasteiger partial charge in [0.2, 0.25) is 0 Å². The van der Waals surface area contributed by atoms with Crippen molar-refractivity contribution in [1.82, 2.24) is 0 Å². The van der Waals surface area contributed by atoms with Crippen LogP contribution in [0.5, 0.6) is 0 Å². The molecule has 0 bridgehead atoms. The zero-order valence-electron chi connectivity index (χ0n) is 8.31. The summed E-state index contributed by atoms with van der Waals surface area (Å²) in [5.74, 6) is 0. The highest BCUT2D eigenvalue weighted by Gasteiger charge is 1.94. The Hall–Kier alpha value is -0.370. The summed E-state index contributed by atoms with van der Waals surface area (Å²) >= 11 is 3.45. The van der Waals surface area contributed by atoms with Crippen molar-refractivity contribution < 1.29 is 4.39 Å². The Balaban J connectivity index is 2.18. The molecule has 78 valence electrons. The molecule has 0 aromatic heterocycles. The predicted octanol–water partition coefficient (Wildman–Crippen LogP) is 4.52. The summed E-state index contributed by atoms with van der Waals surface area (Å²) in [4.78, 5) is 0. The molecular weight excluding hydrogens is 243 g/mol. The molecule has 1 rings (SSSR count). The van der Waals surface area contributed by atoms with Gasteiger partial charge in [-0.2, -0.15) is 0 Å². The van der Waals surface area contributed by atoms with E-state index in [0.717, 1.165) is 36.6 Å². The molecule has 0 amide bonds. The van der Waals surface area contributed by atoms with Gasteiger partial charge in [0.1, 0.15) is 0 Å². The lowest BCUT2D eigenvalue weighted by Gasteiger charge is -2.01. The second-order valence-electron chi connectivity index (χ2n) is 3.48. The van der Waals surface area contributed by atoms with E-state index in [9.17, 15) is 4.39 Å². The molecule has 1 aromatic carbocycles. The van der Waals surface area contributed by atoms with E-state index in [1.54, 1.807) is 0 Å². The van der Waals surface area contributed by atoms with E-state index < -0.39 is 0 Å². The Morgan fingerprint density at radius 1 is 1.07 bits per heavy atom. The fourth-order valence-corrected chi connectivity index (χ4v) is 1.92. The number of alkyl halides is 1. The predicted molar refractivity (Wildman–Crippen MR) is 62.3 cm³/mol. The third-order valence-corrected chi connectivity index (χ3v) is 2.73. The molecule has 1 aromatic rings. The van der Waals surface area contributed by atoms with Crippen LogP contribution in [-0.2, 0) is 6.42 Å². The largest absolute Gasteiger partial charge is 0.251 e. The fourth-order valence-electron chi connectivity index (χ4n) is 1.47. The van der Waals surface area contributed by atoms with E-state index in [1.807, 2.05) is 6.07 Å². The highest BCUT2D eigenvalue weighted by atomic mass is 79.9. The van der Waals surface area contributed by atoms with Gasteiger partial charge in [0, 0.05) is 4.47 Å². The normalized spacial score (nSPS) is 10.4. The van der Waals surface area contributed by atoms with Crippen LogP contribution in [0.1, 0.15) is 31.2 Å². The fraction of sp³-hybridized carbons (Fsp3) is 0.500. The molecule has 0 aliphatic rings. The molecule has 0 unspecified atom stereocenters. The van der Waals surface area contributed by atoms with Gasteiger partial charge in [0.05, 0.1) is 6.67 Å². The van der Waals surface area contributed by atoms with Crippen molar-refractivity contribution in [3.63, 3.8) is 0 Å². The molecule has 14 heavy (non-hydrogen) atoms. The molecule has 0 spiro atoms. The molecule has 2 heteroatoms. The Kier molecular flexibility index (Phi) is 5.85. The van der Waals surface area contributed by atoms with E-state index >= 15 is 0 Å². The minimum atomic E-state index is -0.170. The van der Waals surface area contributed by atoms with Crippen molar-refractivity contribution in [2.75, 3.05) is 6.67 Å². The minimum absolute atomic E-state index is 0.170. The van der Waals surface area contributed by atoms with Crippen molar-refractivity contribution in [2.45, 2.75) is 32.1 Å². The van der Waals surface area contributed by atoms with Gasteiger partial charge in [-0.15, -0.1) is 0 Å². The molecule has 0 saturated heterocycles. The molecule has 0 nitrogen and oxygen atoms in total. The lowest BCUT2D eigenvalue weighted by atomic mass is 10.1. The Bertz CT molecular complexity index is 260. The van der Waals surface area contributed by atoms with Gasteiger partial charge in [-0.1, -0.05) is 40.9 Å². The van der Waals surface area contributed by atoms with E-state index in [4.69, 9.17) is 0 Å². The van der Waals surface area contributed by atoms with Crippen molar-refractivity contribution in [1.29, 1.82) is 0 Å². The summed E-state index contributed by atoms with van der Waals surface area (Å²) in [6, 6.07) is 8.38. The van der Waals surface area contributed by atoms with Crippen LogP contribution < -0.4 is 0 Å². The van der Waals surface area contributed by atoms with Crippen molar-refractivity contribution in [2.24, 2.45) is 0 Å². The van der Waals surface area contributed by atoms with Crippen LogP contribution in [-0.4, -0.2) is 6.67 Å². The number of unbranched alkanes of at least 4 members (excludes halogenated alkanes) is 3. The maximum absolute atomic E-state index is 11.8. The van der Waals surface area contributed by atoms with E-state index in [0.29, 0.717) is 0 Å². The number of rotatable bonds is 6. The van der Waals surface area contributed by atoms with Gasteiger partial charge < -0.3 is 0 Å². The standard InChI is InChI=1S/C12H16BrF/c13-12-8-5-7-11(10-12)6-3-1-2-4-9-14/h5,7-8,10H,1-4,6,9H2. The van der Waals surface area contributed by atoms with Crippen LogP contribution in [0.25, 0.3) is 0 Å². The summed E-state index contributed by atoms with van der Waals surface area (Å²) in [6.45, 7) is -0.170. The second-order valence-corrected chi connectivity index (χ2v) is 4.40. The summed E-state index contributed by atoms with van der Waals surface area (Å²) in [6.07, 6.45) is 5.14. The van der Waals surface area contributed by atoms with Crippen LogP contribution in [0.2, 0.25) is 0 Å². The quantitative estimate of drug-likeness (QED) is 0.659. The van der Waals surface area contributed by atoms with Gasteiger partial charge in [-0.05, 0) is 37.0 Å². The van der Waals surface area contributed by atoms with Crippen LogP contribution >= 0.6 is 15.9 Å². The first-order valence-corrected chi connectivity index (χ1v) is 5.92. The SMILES string of the molecule is FCCCCCCc1cccc(Br)c1. The van der Waals surface area contributed by atoms with Gasteiger partial charge in [-0.25, -0.2) is 0 Å². The Morgan fingerprint density at radius 2 is 1.86 bits per heavy atom. The number of aryl methyl sites for hydroxylation is 1. The molecule has 0 atom stereocenters. The molecule has 0 aliphatic carbocycles. The van der Waals surface area contributed by atoms with Crippen molar-refractivity contribution in [3.05, 3.63) is 34.3 Å². The molecule has 0 radical (unpaired) electrons. The monoisotopic (exact) mass is 258 g/mol. The molecule has 0 N–H and O–H groups in total. The lowest BCUT2D eigenvalue weighted by molar-refractivity contribution is 0.453. The first kappa shape index (κ1) is 11.7.